The van der Waals surface area contributed by atoms with Crippen LogP contribution in [0.15, 0.2) is 53.6 Å². The van der Waals surface area contributed by atoms with Crippen molar-refractivity contribution in [2.45, 2.75) is 44.6 Å². The van der Waals surface area contributed by atoms with Gasteiger partial charge in [-0.05, 0) is 37.3 Å². The lowest BCUT2D eigenvalue weighted by atomic mass is 9.74. The monoisotopic (exact) mass is 481 g/mol. The third-order valence-corrected chi connectivity index (χ3v) is 6.54. The molecule has 0 saturated heterocycles. The smallest absolute Gasteiger partial charge is 0.272 e. The van der Waals surface area contributed by atoms with Crippen LogP contribution in [0.5, 0.6) is 5.75 Å². The fourth-order valence-electron chi connectivity index (χ4n) is 4.81. The lowest BCUT2D eigenvalue weighted by Gasteiger charge is -2.37. The van der Waals surface area contributed by atoms with E-state index in [1.165, 1.54) is 18.3 Å². The lowest BCUT2D eigenvalue weighted by Crippen LogP contribution is -2.44. The Kier molecular flexibility index (Phi) is 6.19. The number of carbonyl (C=O) groups excluding carboxylic acids is 1. The zero-order chi connectivity index (χ0) is 24.5. The number of alkyl halides is 2. The highest BCUT2D eigenvalue weighted by Gasteiger charge is 2.32. The molecule has 1 aliphatic carbocycles. The quantitative estimate of drug-likeness (QED) is 0.397. The van der Waals surface area contributed by atoms with Crippen molar-refractivity contribution in [1.29, 1.82) is 0 Å². The van der Waals surface area contributed by atoms with Gasteiger partial charge < -0.3 is 10.1 Å². The zero-order valence-corrected chi connectivity index (χ0v) is 19.1. The maximum absolute atomic E-state index is 12.8. The van der Waals surface area contributed by atoms with Crippen LogP contribution >= 0.6 is 0 Å². The van der Waals surface area contributed by atoms with Gasteiger partial charge in [0.1, 0.15) is 23.7 Å². The molecule has 3 aromatic heterocycles. The Morgan fingerprint density at radius 3 is 2.80 bits per heavy atom. The minimum Gasteiger partial charge on any atom is -0.487 e. The molecule has 0 unspecified atom stereocenters. The van der Waals surface area contributed by atoms with Gasteiger partial charge in [-0.1, -0.05) is 25.1 Å². The third-order valence-electron chi connectivity index (χ3n) is 6.54. The molecule has 3 heterocycles. The molecule has 4 aromatic rings. The Balaban J connectivity index is 1.17. The van der Waals surface area contributed by atoms with E-state index in [1.54, 1.807) is 16.7 Å². The van der Waals surface area contributed by atoms with Crippen molar-refractivity contribution in [3.63, 3.8) is 0 Å². The normalized spacial score (nSPS) is 18.5. The van der Waals surface area contributed by atoms with Gasteiger partial charge in [0.2, 0.25) is 0 Å². The highest BCUT2D eigenvalue weighted by molar-refractivity contribution is 5.93. The van der Waals surface area contributed by atoms with Gasteiger partial charge in [-0.3, -0.25) is 14.0 Å². The minimum atomic E-state index is -2.56. The Morgan fingerprint density at radius 2 is 2.03 bits per heavy atom. The number of pyridine rings is 1. The number of amides is 1. The predicted octanol–water partition coefficient (Wildman–Crippen LogP) is 3.92. The van der Waals surface area contributed by atoms with Crippen molar-refractivity contribution >= 4 is 22.3 Å². The number of benzene rings is 1. The van der Waals surface area contributed by atoms with Crippen LogP contribution in [0, 0.1) is 5.92 Å². The van der Waals surface area contributed by atoms with E-state index < -0.39 is 13.0 Å². The molecular formula is C25H25F2N5O3. The zero-order valence-electron chi connectivity index (χ0n) is 19.1. The van der Waals surface area contributed by atoms with Crippen molar-refractivity contribution in [3.05, 3.63) is 70.5 Å². The molecule has 0 spiro atoms. The summed E-state index contributed by atoms with van der Waals surface area (Å²) in [4.78, 5) is 29.0. The minimum absolute atomic E-state index is 0.0687. The molecule has 5 rings (SSSR count). The number of nitrogens with zero attached hydrogens (tertiary/aromatic N) is 3. The summed E-state index contributed by atoms with van der Waals surface area (Å²) in [7, 11) is 0. The van der Waals surface area contributed by atoms with Gasteiger partial charge in [-0.25, -0.2) is 18.9 Å². The van der Waals surface area contributed by atoms with Crippen LogP contribution in [0.4, 0.5) is 8.78 Å². The van der Waals surface area contributed by atoms with Crippen LogP contribution < -0.4 is 15.6 Å². The second-order valence-electron chi connectivity index (χ2n) is 9.06. The fourth-order valence-corrected chi connectivity index (χ4v) is 4.81. The number of nitrogens with one attached hydrogen (secondary N) is 2. The second-order valence-corrected chi connectivity index (χ2v) is 9.06. The molecule has 1 amide bonds. The average molecular weight is 482 g/mol. The van der Waals surface area contributed by atoms with E-state index in [2.05, 4.69) is 27.4 Å². The standard InChI is InChI=1S/C25H25F2N5O3/c1-14(23-18-4-2-3-5-19(18)24(33)31-30-23)8-15-9-16(10-15)29-25(34)20-12-28-22-11-17(6-7-32(20)22)35-13-21(26)27/h2-7,11-12,14-16,21H,8-10,13H2,1H3,(H,29,34)(H,31,33)/t14-,15?,16?/m0/s1. The molecule has 2 N–H and O–H groups in total. The molecule has 182 valence electrons. The van der Waals surface area contributed by atoms with E-state index in [0.717, 1.165) is 30.3 Å². The van der Waals surface area contributed by atoms with E-state index in [1.807, 2.05) is 18.2 Å². The number of hydrogen-bond acceptors (Lipinski definition) is 5. The van der Waals surface area contributed by atoms with Gasteiger partial charge in [-0.2, -0.15) is 5.10 Å². The molecule has 8 nitrogen and oxygen atoms in total. The molecule has 1 aromatic carbocycles. The highest BCUT2D eigenvalue weighted by atomic mass is 19.3. The van der Waals surface area contributed by atoms with Crippen LogP contribution in [-0.4, -0.2) is 44.6 Å². The molecule has 1 fully saturated rings. The summed E-state index contributed by atoms with van der Waals surface area (Å²) in [6.07, 6.45) is 3.12. The highest BCUT2D eigenvalue weighted by Crippen LogP contribution is 2.37. The summed E-state index contributed by atoms with van der Waals surface area (Å²) in [5, 5.41) is 11.5. The van der Waals surface area contributed by atoms with Gasteiger partial charge in [0.25, 0.3) is 17.9 Å². The predicted molar refractivity (Wildman–Crippen MR) is 126 cm³/mol. The van der Waals surface area contributed by atoms with Gasteiger partial charge in [0.15, 0.2) is 0 Å². The number of halogens is 2. The van der Waals surface area contributed by atoms with E-state index in [4.69, 9.17) is 4.74 Å². The summed E-state index contributed by atoms with van der Waals surface area (Å²) in [5.74, 6) is 0.651. The summed E-state index contributed by atoms with van der Waals surface area (Å²) < 4.78 is 31.3. The van der Waals surface area contributed by atoms with Gasteiger partial charge in [0.05, 0.1) is 17.3 Å². The number of fused-ring (bicyclic) bond motifs is 2. The summed E-state index contributed by atoms with van der Waals surface area (Å²) >= 11 is 0. The van der Waals surface area contributed by atoms with Gasteiger partial charge >= 0.3 is 0 Å². The first-order valence-electron chi connectivity index (χ1n) is 11.5. The Hall–Kier alpha value is -3.82. The van der Waals surface area contributed by atoms with Crippen LogP contribution in [0.3, 0.4) is 0 Å². The SMILES string of the molecule is C[C@@H](CC1CC(NC(=O)c2cnc3cc(OCC(F)F)ccn23)C1)c1n[nH]c(=O)c2ccccc12. The molecule has 1 atom stereocenters. The second kappa shape index (κ2) is 9.44. The van der Waals surface area contributed by atoms with Crippen LogP contribution in [0.1, 0.15) is 48.3 Å². The molecule has 10 heteroatoms. The van der Waals surface area contributed by atoms with Crippen molar-refractivity contribution in [2.24, 2.45) is 5.92 Å². The van der Waals surface area contributed by atoms with E-state index in [-0.39, 0.29) is 29.2 Å². The number of rotatable bonds is 8. The number of carbonyl (C=O) groups is 1. The molecule has 0 aliphatic heterocycles. The molecule has 35 heavy (non-hydrogen) atoms. The van der Waals surface area contributed by atoms with E-state index >= 15 is 0 Å². The average Bonchev–Trinajstić information content (AvgIpc) is 3.25. The summed E-state index contributed by atoms with van der Waals surface area (Å²) in [6.45, 7) is 1.41. The first-order valence-corrected chi connectivity index (χ1v) is 11.5. The number of imidazole rings is 1. The van der Waals surface area contributed by atoms with Crippen molar-refractivity contribution in [3.8, 4) is 5.75 Å². The van der Waals surface area contributed by atoms with Crippen molar-refractivity contribution in [2.75, 3.05) is 6.61 Å². The summed E-state index contributed by atoms with van der Waals surface area (Å²) in [6, 6.07) is 10.6. The number of hydrogen-bond donors (Lipinski definition) is 2. The number of H-pyrrole nitrogens is 1. The van der Waals surface area contributed by atoms with E-state index in [0.29, 0.717) is 22.6 Å². The lowest BCUT2D eigenvalue weighted by molar-refractivity contribution is 0.0819. The van der Waals surface area contributed by atoms with Crippen molar-refractivity contribution in [1.82, 2.24) is 24.9 Å². The topological polar surface area (TPSA) is 101 Å². The Morgan fingerprint density at radius 1 is 1.26 bits per heavy atom. The van der Waals surface area contributed by atoms with Crippen molar-refractivity contribution < 1.29 is 18.3 Å². The molecule has 0 radical (unpaired) electrons. The molecule has 1 saturated carbocycles. The van der Waals surface area contributed by atoms with E-state index in [9.17, 15) is 18.4 Å². The largest absolute Gasteiger partial charge is 0.487 e. The Bertz CT molecular complexity index is 1430. The first kappa shape index (κ1) is 22.9. The Labute approximate surface area is 199 Å². The number of ether oxygens (including phenoxy) is 1. The maximum Gasteiger partial charge on any atom is 0.272 e. The van der Waals surface area contributed by atoms with Crippen LogP contribution in [0.2, 0.25) is 0 Å². The van der Waals surface area contributed by atoms with Gasteiger partial charge in [0, 0.05) is 29.6 Å². The van der Waals surface area contributed by atoms with Crippen LogP contribution in [-0.2, 0) is 0 Å². The maximum atomic E-state index is 12.8. The number of aromatic nitrogens is 4. The summed E-state index contributed by atoms with van der Waals surface area (Å²) in [5.41, 5.74) is 1.52. The number of aromatic amines is 1. The fraction of sp³-hybridized carbons (Fsp3) is 0.360. The van der Waals surface area contributed by atoms with Crippen LogP contribution in [0.25, 0.3) is 16.4 Å². The van der Waals surface area contributed by atoms with Gasteiger partial charge in [-0.15, -0.1) is 0 Å². The molecule has 0 bridgehead atoms. The molecular weight excluding hydrogens is 456 g/mol. The molecule has 1 aliphatic rings. The first-order chi connectivity index (χ1) is 16.9. The third kappa shape index (κ3) is 4.73.